The monoisotopic (exact) mass is 283 g/mol. The molecule has 1 aromatic carbocycles. The molecule has 0 saturated heterocycles. The van der Waals surface area contributed by atoms with Crippen LogP contribution in [0.15, 0.2) is 29.6 Å². The number of rotatable bonds is 3. The van der Waals surface area contributed by atoms with E-state index in [9.17, 15) is 14.9 Å². The van der Waals surface area contributed by atoms with Crippen molar-refractivity contribution in [3.8, 4) is 10.4 Å². The van der Waals surface area contributed by atoms with E-state index in [1.165, 1.54) is 23.5 Å². The van der Waals surface area contributed by atoms with Gasteiger partial charge < -0.3 is 5.11 Å². The SMILES string of the molecule is O=C(O)c1cc(-c2sccc2Cl)cc([N+](=O)[O-])c1. The summed E-state index contributed by atoms with van der Waals surface area (Å²) >= 11 is 7.23. The van der Waals surface area contributed by atoms with Crippen molar-refractivity contribution in [1.29, 1.82) is 0 Å². The second-order valence-electron chi connectivity index (χ2n) is 3.43. The minimum Gasteiger partial charge on any atom is -0.478 e. The Balaban J connectivity index is 2.64. The second-order valence-corrected chi connectivity index (χ2v) is 4.75. The highest BCUT2D eigenvalue weighted by molar-refractivity contribution is 7.14. The topological polar surface area (TPSA) is 80.4 Å². The van der Waals surface area contributed by atoms with E-state index in [4.69, 9.17) is 16.7 Å². The lowest BCUT2D eigenvalue weighted by Crippen LogP contribution is -1.98. The molecular formula is C11H6ClNO4S. The fourth-order valence-corrected chi connectivity index (χ4v) is 2.63. The van der Waals surface area contributed by atoms with E-state index in [1.54, 1.807) is 11.4 Å². The molecule has 0 atom stereocenters. The highest BCUT2D eigenvalue weighted by Gasteiger charge is 2.16. The van der Waals surface area contributed by atoms with Gasteiger partial charge in [-0.25, -0.2) is 4.79 Å². The zero-order valence-electron chi connectivity index (χ0n) is 8.79. The lowest BCUT2D eigenvalue weighted by Gasteiger charge is -2.02. The molecule has 7 heteroatoms. The Morgan fingerprint density at radius 3 is 2.61 bits per heavy atom. The predicted octanol–water partition coefficient (Wildman–Crippen LogP) is 3.67. The lowest BCUT2D eigenvalue weighted by molar-refractivity contribution is -0.384. The maximum atomic E-state index is 10.9. The van der Waals surface area contributed by atoms with Crippen molar-refractivity contribution in [2.75, 3.05) is 0 Å². The van der Waals surface area contributed by atoms with E-state index in [2.05, 4.69) is 0 Å². The molecule has 92 valence electrons. The van der Waals surface area contributed by atoms with E-state index in [-0.39, 0.29) is 11.3 Å². The summed E-state index contributed by atoms with van der Waals surface area (Å²) in [5, 5.41) is 21.9. The van der Waals surface area contributed by atoms with Gasteiger partial charge in [-0.05, 0) is 17.5 Å². The van der Waals surface area contributed by atoms with E-state index in [0.717, 1.165) is 6.07 Å². The molecule has 2 aromatic rings. The number of carbonyl (C=O) groups is 1. The van der Waals surface area contributed by atoms with Gasteiger partial charge in [-0.2, -0.15) is 0 Å². The van der Waals surface area contributed by atoms with E-state index >= 15 is 0 Å². The van der Waals surface area contributed by atoms with Gasteiger partial charge in [0.05, 0.1) is 20.4 Å². The number of hydrogen-bond acceptors (Lipinski definition) is 4. The Labute approximate surface area is 110 Å². The summed E-state index contributed by atoms with van der Waals surface area (Å²) in [7, 11) is 0. The van der Waals surface area contributed by atoms with Crippen LogP contribution >= 0.6 is 22.9 Å². The van der Waals surface area contributed by atoms with Crippen molar-refractivity contribution in [1.82, 2.24) is 0 Å². The van der Waals surface area contributed by atoms with Gasteiger partial charge in [-0.3, -0.25) is 10.1 Å². The average molecular weight is 284 g/mol. The van der Waals surface area contributed by atoms with Crippen molar-refractivity contribution < 1.29 is 14.8 Å². The maximum absolute atomic E-state index is 10.9. The van der Waals surface area contributed by atoms with Crippen LogP contribution in [0.3, 0.4) is 0 Å². The Morgan fingerprint density at radius 1 is 1.39 bits per heavy atom. The van der Waals surface area contributed by atoms with Crippen molar-refractivity contribution in [3.05, 3.63) is 50.3 Å². The Bertz CT molecular complexity index is 605. The third kappa shape index (κ3) is 2.34. The fourth-order valence-electron chi connectivity index (χ4n) is 1.47. The molecule has 0 bridgehead atoms. The summed E-state index contributed by atoms with van der Waals surface area (Å²) in [6, 6.07) is 5.35. The summed E-state index contributed by atoms with van der Waals surface area (Å²) in [5.41, 5.74) is 0.0274. The third-order valence-corrected chi connectivity index (χ3v) is 3.65. The number of nitrogens with zero attached hydrogens (tertiary/aromatic N) is 1. The summed E-state index contributed by atoms with van der Waals surface area (Å²) in [5.74, 6) is -1.22. The molecule has 5 nitrogen and oxygen atoms in total. The van der Waals surface area contributed by atoms with Crippen molar-refractivity contribution in [2.24, 2.45) is 0 Å². The van der Waals surface area contributed by atoms with Gasteiger partial charge in [-0.1, -0.05) is 11.6 Å². The second kappa shape index (κ2) is 4.75. The standard InChI is InChI=1S/C11H6ClNO4S/c12-9-1-2-18-10(9)6-3-7(11(14)15)5-8(4-6)13(16)17/h1-5H,(H,14,15). The molecule has 0 radical (unpaired) electrons. The van der Waals surface area contributed by atoms with Crippen molar-refractivity contribution in [3.63, 3.8) is 0 Å². The van der Waals surface area contributed by atoms with Gasteiger partial charge >= 0.3 is 5.97 Å². The molecule has 0 aliphatic heterocycles. The van der Waals surface area contributed by atoms with Crippen LogP contribution in [-0.4, -0.2) is 16.0 Å². The van der Waals surface area contributed by atoms with Crippen LogP contribution in [0.25, 0.3) is 10.4 Å². The number of aromatic carboxylic acids is 1. The summed E-state index contributed by atoms with van der Waals surface area (Å²) in [6.45, 7) is 0. The minimum atomic E-state index is -1.22. The van der Waals surface area contributed by atoms with Crippen LogP contribution in [0.1, 0.15) is 10.4 Å². The zero-order chi connectivity index (χ0) is 13.3. The molecule has 0 fully saturated rings. The first-order valence-electron chi connectivity index (χ1n) is 4.75. The smallest absolute Gasteiger partial charge is 0.335 e. The summed E-state index contributed by atoms with van der Waals surface area (Å²) < 4.78 is 0. The van der Waals surface area contributed by atoms with Gasteiger partial charge in [0, 0.05) is 17.7 Å². The first kappa shape index (κ1) is 12.5. The molecule has 1 aromatic heterocycles. The first-order valence-corrected chi connectivity index (χ1v) is 6.01. The molecule has 1 N–H and O–H groups in total. The number of thiophene rings is 1. The van der Waals surface area contributed by atoms with Gasteiger partial charge in [0.25, 0.3) is 5.69 Å². The van der Waals surface area contributed by atoms with Crippen LogP contribution < -0.4 is 0 Å². The number of benzene rings is 1. The Morgan fingerprint density at radius 2 is 2.11 bits per heavy atom. The predicted molar refractivity (Wildman–Crippen MR) is 68.4 cm³/mol. The molecule has 1 heterocycles. The van der Waals surface area contributed by atoms with E-state index < -0.39 is 10.9 Å². The molecule has 18 heavy (non-hydrogen) atoms. The molecule has 0 saturated carbocycles. The van der Waals surface area contributed by atoms with Gasteiger partial charge in [0.15, 0.2) is 0 Å². The fraction of sp³-hybridized carbons (Fsp3) is 0. The number of carboxylic acids is 1. The zero-order valence-corrected chi connectivity index (χ0v) is 10.4. The minimum absolute atomic E-state index is 0.135. The Kier molecular flexibility index (Phi) is 3.31. The van der Waals surface area contributed by atoms with Gasteiger partial charge in [-0.15, -0.1) is 11.3 Å². The van der Waals surface area contributed by atoms with Crippen LogP contribution in [0, 0.1) is 10.1 Å². The first-order chi connectivity index (χ1) is 8.49. The number of carboxylic acid groups (broad SMARTS) is 1. The third-order valence-electron chi connectivity index (χ3n) is 2.25. The Hall–Kier alpha value is -1.92. The van der Waals surface area contributed by atoms with Crippen molar-refractivity contribution in [2.45, 2.75) is 0 Å². The molecule has 0 unspecified atom stereocenters. The quantitative estimate of drug-likeness (QED) is 0.688. The van der Waals surface area contributed by atoms with E-state index in [0.29, 0.717) is 15.5 Å². The number of hydrogen-bond donors (Lipinski definition) is 1. The number of nitro benzene ring substituents is 1. The van der Waals surface area contributed by atoms with Gasteiger partial charge in [0.2, 0.25) is 0 Å². The molecule has 0 amide bonds. The normalized spacial score (nSPS) is 10.3. The highest BCUT2D eigenvalue weighted by atomic mass is 35.5. The molecule has 2 rings (SSSR count). The highest BCUT2D eigenvalue weighted by Crippen LogP contribution is 2.35. The average Bonchev–Trinajstić information content (AvgIpc) is 2.74. The number of halogens is 1. The molecular weight excluding hydrogens is 278 g/mol. The summed E-state index contributed by atoms with van der Waals surface area (Å²) in [6.07, 6.45) is 0. The van der Waals surface area contributed by atoms with Crippen LogP contribution in [0.5, 0.6) is 0 Å². The number of nitro groups is 1. The van der Waals surface area contributed by atoms with E-state index in [1.807, 2.05) is 0 Å². The van der Waals surface area contributed by atoms with Gasteiger partial charge in [0.1, 0.15) is 0 Å². The van der Waals surface area contributed by atoms with Crippen LogP contribution in [0.4, 0.5) is 5.69 Å². The molecule has 0 aliphatic rings. The number of non-ortho nitro benzene ring substituents is 1. The molecule has 0 aliphatic carbocycles. The van der Waals surface area contributed by atoms with Crippen molar-refractivity contribution >= 4 is 34.6 Å². The lowest BCUT2D eigenvalue weighted by atomic mass is 10.1. The molecule has 0 spiro atoms. The largest absolute Gasteiger partial charge is 0.478 e. The van der Waals surface area contributed by atoms with Crippen LogP contribution in [-0.2, 0) is 0 Å². The summed E-state index contributed by atoms with van der Waals surface area (Å²) in [4.78, 5) is 21.7. The van der Waals surface area contributed by atoms with Crippen LogP contribution in [0.2, 0.25) is 5.02 Å². The maximum Gasteiger partial charge on any atom is 0.335 e.